The molecule has 3 heteroatoms. The number of rotatable bonds is 4. The standard InChI is InChI=1S/C19H18O3/c1-13(2)15-5-3-14(4-6-15)12-21-17-9-7-16-8-10-19(20)22-18(16)11-17/h3-11,13H,12H2,1-2H3. The number of ether oxygens (including phenoxy) is 1. The summed E-state index contributed by atoms with van der Waals surface area (Å²) >= 11 is 0. The highest BCUT2D eigenvalue weighted by atomic mass is 16.5. The van der Waals surface area contributed by atoms with Crippen LogP contribution < -0.4 is 10.4 Å². The van der Waals surface area contributed by atoms with Crippen LogP contribution in [-0.2, 0) is 6.61 Å². The molecule has 22 heavy (non-hydrogen) atoms. The van der Waals surface area contributed by atoms with E-state index in [0.29, 0.717) is 23.9 Å². The Morgan fingerprint density at radius 2 is 1.73 bits per heavy atom. The first-order chi connectivity index (χ1) is 10.6. The summed E-state index contributed by atoms with van der Waals surface area (Å²) in [6.07, 6.45) is 0. The van der Waals surface area contributed by atoms with Crippen LogP contribution in [0.3, 0.4) is 0 Å². The van der Waals surface area contributed by atoms with E-state index in [-0.39, 0.29) is 5.63 Å². The third-order valence-electron chi connectivity index (χ3n) is 3.65. The van der Waals surface area contributed by atoms with E-state index in [2.05, 4.69) is 38.1 Å². The van der Waals surface area contributed by atoms with Crippen LogP contribution in [-0.4, -0.2) is 0 Å². The summed E-state index contributed by atoms with van der Waals surface area (Å²) in [6.45, 7) is 4.84. The van der Waals surface area contributed by atoms with Gasteiger partial charge in [-0.15, -0.1) is 0 Å². The number of benzene rings is 2. The van der Waals surface area contributed by atoms with Gasteiger partial charge in [0.1, 0.15) is 17.9 Å². The van der Waals surface area contributed by atoms with Gasteiger partial charge in [-0.2, -0.15) is 0 Å². The smallest absolute Gasteiger partial charge is 0.336 e. The zero-order valence-corrected chi connectivity index (χ0v) is 12.7. The summed E-state index contributed by atoms with van der Waals surface area (Å²) in [5, 5.41) is 0.883. The molecule has 0 saturated heterocycles. The Kier molecular flexibility index (Phi) is 3.96. The Labute approximate surface area is 129 Å². The lowest BCUT2D eigenvalue weighted by atomic mass is 10.0. The van der Waals surface area contributed by atoms with Crippen LogP contribution in [0.2, 0.25) is 0 Å². The van der Waals surface area contributed by atoms with Crippen molar-refractivity contribution in [2.24, 2.45) is 0 Å². The lowest BCUT2D eigenvalue weighted by Crippen LogP contribution is -1.97. The molecule has 1 heterocycles. The van der Waals surface area contributed by atoms with E-state index in [1.807, 2.05) is 12.1 Å². The van der Waals surface area contributed by atoms with Gasteiger partial charge in [0.25, 0.3) is 0 Å². The molecule has 3 rings (SSSR count). The van der Waals surface area contributed by atoms with Gasteiger partial charge in [0.15, 0.2) is 0 Å². The van der Waals surface area contributed by atoms with Gasteiger partial charge in [0, 0.05) is 17.5 Å². The fourth-order valence-corrected chi connectivity index (χ4v) is 2.30. The minimum absolute atomic E-state index is 0.353. The van der Waals surface area contributed by atoms with Crippen LogP contribution in [0.1, 0.15) is 30.9 Å². The second-order valence-corrected chi connectivity index (χ2v) is 5.64. The number of hydrogen-bond donors (Lipinski definition) is 0. The maximum atomic E-state index is 11.3. The van der Waals surface area contributed by atoms with Crippen LogP contribution in [0.5, 0.6) is 5.75 Å². The van der Waals surface area contributed by atoms with Crippen LogP contribution in [0.15, 0.2) is 63.8 Å². The summed E-state index contributed by atoms with van der Waals surface area (Å²) in [4.78, 5) is 11.3. The largest absolute Gasteiger partial charge is 0.489 e. The second-order valence-electron chi connectivity index (χ2n) is 5.64. The average Bonchev–Trinajstić information content (AvgIpc) is 2.53. The minimum atomic E-state index is -0.353. The van der Waals surface area contributed by atoms with E-state index < -0.39 is 0 Å². The van der Waals surface area contributed by atoms with Gasteiger partial charge in [-0.1, -0.05) is 38.1 Å². The van der Waals surface area contributed by atoms with Crippen molar-refractivity contribution in [1.29, 1.82) is 0 Å². The molecule has 0 saturated carbocycles. The van der Waals surface area contributed by atoms with E-state index in [1.54, 1.807) is 12.1 Å². The van der Waals surface area contributed by atoms with E-state index in [9.17, 15) is 4.79 Å². The quantitative estimate of drug-likeness (QED) is 0.665. The lowest BCUT2D eigenvalue weighted by molar-refractivity contribution is 0.306. The highest BCUT2D eigenvalue weighted by Gasteiger charge is 2.02. The zero-order valence-electron chi connectivity index (χ0n) is 12.7. The predicted octanol–water partition coefficient (Wildman–Crippen LogP) is 4.50. The van der Waals surface area contributed by atoms with Gasteiger partial charge in [-0.3, -0.25) is 0 Å². The Morgan fingerprint density at radius 1 is 1.00 bits per heavy atom. The minimum Gasteiger partial charge on any atom is -0.489 e. The Hall–Kier alpha value is -2.55. The highest BCUT2D eigenvalue weighted by molar-refractivity contribution is 5.77. The highest BCUT2D eigenvalue weighted by Crippen LogP contribution is 2.21. The van der Waals surface area contributed by atoms with Gasteiger partial charge < -0.3 is 9.15 Å². The molecule has 0 bridgehead atoms. The molecule has 0 unspecified atom stereocenters. The molecule has 3 nitrogen and oxygen atoms in total. The Bertz CT molecular complexity index is 829. The molecular weight excluding hydrogens is 276 g/mol. The Balaban J connectivity index is 1.74. The summed E-state index contributed by atoms with van der Waals surface area (Å²) in [6, 6.07) is 17.1. The van der Waals surface area contributed by atoms with Gasteiger partial charge >= 0.3 is 5.63 Å². The van der Waals surface area contributed by atoms with Crippen molar-refractivity contribution >= 4 is 11.0 Å². The molecule has 0 atom stereocenters. The zero-order chi connectivity index (χ0) is 15.5. The molecule has 2 aromatic carbocycles. The van der Waals surface area contributed by atoms with Crippen LogP contribution in [0, 0.1) is 0 Å². The van der Waals surface area contributed by atoms with E-state index in [0.717, 1.165) is 10.9 Å². The number of hydrogen-bond acceptors (Lipinski definition) is 3. The molecule has 1 aromatic heterocycles. The van der Waals surface area contributed by atoms with Crippen molar-refractivity contribution < 1.29 is 9.15 Å². The van der Waals surface area contributed by atoms with Crippen LogP contribution >= 0.6 is 0 Å². The molecule has 3 aromatic rings. The molecule has 0 fully saturated rings. The van der Waals surface area contributed by atoms with E-state index >= 15 is 0 Å². The van der Waals surface area contributed by atoms with Gasteiger partial charge in [-0.25, -0.2) is 4.79 Å². The topological polar surface area (TPSA) is 39.4 Å². The third-order valence-corrected chi connectivity index (χ3v) is 3.65. The van der Waals surface area contributed by atoms with Crippen molar-refractivity contribution in [3.8, 4) is 5.75 Å². The molecule has 0 aliphatic heterocycles. The van der Waals surface area contributed by atoms with Crippen molar-refractivity contribution in [2.45, 2.75) is 26.4 Å². The molecule has 0 radical (unpaired) electrons. The van der Waals surface area contributed by atoms with Crippen LogP contribution in [0.4, 0.5) is 0 Å². The SMILES string of the molecule is CC(C)c1ccc(COc2ccc3ccc(=O)oc3c2)cc1. The maximum Gasteiger partial charge on any atom is 0.336 e. The average molecular weight is 294 g/mol. The monoisotopic (exact) mass is 294 g/mol. The molecule has 0 amide bonds. The number of fused-ring (bicyclic) bond motifs is 1. The first-order valence-corrected chi connectivity index (χ1v) is 7.37. The normalized spacial score (nSPS) is 11.0. The summed E-state index contributed by atoms with van der Waals surface area (Å²) in [5.41, 5.74) is 2.62. The van der Waals surface area contributed by atoms with Gasteiger partial charge in [0.2, 0.25) is 0 Å². The van der Waals surface area contributed by atoms with Crippen LogP contribution in [0.25, 0.3) is 11.0 Å². The molecular formula is C19H18O3. The first kappa shape index (κ1) is 14.4. The molecule has 0 aliphatic carbocycles. The lowest BCUT2D eigenvalue weighted by Gasteiger charge is -2.09. The third kappa shape index (κ3) is 3.19. The van der Waals surface area contributed by atoms with Crippen molar-refractivity contribution in [2.75, 3.05) is 0 Å². The fraction of sp³-hybridized carbons (Fsp3) is 0.211. The first-order valence-electron chi connectivity index (χ1n) is 7.37. The molecule has 0 N–H and O–H groups in total. The van der Waals surface area contributed by atoms with Gasteiger partial charge in [0.05, 0.1) is 0 Å². The molecule has 112 valence electrons. The van der Waals surface area contributed by atoms with Crippen molar-refractivity contribution in [3.63, 3.8) is 0 Å². The second kappa shape index (κ2) is 6.06. The summed E-state index contributed by atoms with van der Waals surface area (Å²) in [7, 11) is 0. The summed E-state index contributed by atoms with van der Waals surface area (Å²) in [5.74, 6) is 1.22. The van der Waals surface area contributed by atoms with Crippen molar-refractivity contribution in [1.82, 2.24) is 0 Å². The van der Waals surface area contributed by atoms with Crippen molar-refractivity contribution in [3.05, 3.63) is 76.1 Å². The summed E-state index contributed by atoms with van der Waals surface area (Å²) < 4.78 is 10.9. The molecule has 0 aliphatic rings. The van der Waals surface area contributed by atoms with E-state index in [4.69, 9.17) is 9.15 Å². The maximum absolute atomic E-state index is 11.3. The van der Waals surface area contributed by atoms with Gasteiger partial charge in [-0.05, 0) is 35.2 Å². The molecule has 0 spiro atoms. The predicted molar refractivity (Wildman–Crippen MR) is 87.3 cm³/mol. The Morgan fingerprint density at radius 3 is 2.45 bits per heavy atom. The van der Waals surface area contributed by atoms with E-state index in [1.165, 1.54) is 11.6 Å². The fourth-order valence-electron chi connectivity index (χ4n) is 2.30.